The third-order valence-corrected chi connectivity index (χ3v) is 11.2. The van der Waals surface area contributed by atoms with Crippen LogP contribution in [0, 0.1) is 17.3 Å². The van der Waals surface area contributed by atoms with Crippen molar-refractivity contribution in [2.24, 2.45) is 17.3 Å². The Hall–Kier alpha value is -3.26. The van der Waals surface area contributed by atoms with Gasteiger partial charge in [0.15, 0.2) is 5.72 Å². The molecular weight excluding hydrogens is 686 g/mol. The zero-order valence-corrected chi connectivity index (χ0v) is 31.7. The summed E-state index contributed by atoms with van der Waals surface area (Å²) in [6, 6.07) is 2.71. The van der Waals surface area contributed by atoms with Gasteiger partial charge in [0.25, 0.3) is 0 Å². The first-order valence-electron chi connectivity index (χ1n) is 16.8. The summed E-state index contributed by atoms with van der Waals surface area (Å²) in [4.78, 5) is 55.9. The summed E-state index contributed by atoms with van der Waals surface area (Å²) in [5.74, 6) is -1.00. The molecule has 3 amide bonds. The normalized spacial score (nSPS) is 32.3. The molecule has 1 aliphatic carbocycles. The smallest absolute Gasteiger partial charge is 0.409 e. The second kappa shape index (κ2) is 16.0. The zero-order chi connectivity index (χ0) is 37.1. The molecule has 50 heavy (non-hydrogen) atoms. The molecule has 1 aromatic rings. The van der Waals surface area contributed by atoms with Crippen molar-refractivity contribution in [3.63, 3.8) is 0 Å². The number of allylic oxidation sites excluding steroid dienone is 3. The number of fused-ring (bicyclic) bond motifs is 5. The molecule has 4 bridgehead atoms. The monoisotopic (exact) mass is 735 g/mol. The molecule has 1 saturated carbocycles. The van der Waals surface area contributed by atoms with Gasteiger partial charge < -0.3 is 33.9 Å². The van der Waals surface area contributed by atoms with Crippen LogP contribution in [0.1, 0.15) is 58.9 Å². The maximum absolute atomic E-state index is 14.1. The van der Waals surface area contributed by atoms with E-state index in [1.165, 1.54) is 31.1 Å². The molecule has 3 unspecified atom stereocenters. The highest BCUT2D eigenvalue weighted by atomic mass is 35.5. The number of likely N-dealkylation sites (N-methyl/N-ethyl adjacent to an activating group) is 1. The number of amides is 3. The van der Waals surface area contributed by atoms with E-state index in [1.54, 1.807) is 32.2 Å². The summed E-state index contributed by atoms with van der Waals surface area (Å²) in [6.07, 6.45) is 3.06. The van der Waals surface area contributed by atoms with Crippen molar-refractivity contribution in [2.45, 2.75) is 89.9 Å². The fourth-order valence-corrected chi connectivity index (χ4v) is 7.55. The van der Waals surface area contributed by atoms with Gasteiger partial charge in [0.05, 0.1) is 19.2 Å². The molecular formula is C36H50ClN3O9S. The predicted molar refractivity (Wildman–Crippen MR) is 192 cm³/mol. The van der Waals surface area contributed by atoms with Crippen LogP contribution in [0.25, 0.3) is 0 Å². The van der Waals surface area contributed by atoms with Gasteiger partial charge in [-0.15, -0.1) is 0 Å². The number of alkyl carbamates (subject to hydrolysis) is 1. The van der Waals surface area contributed by atoms with Crippen LogP contribution in [-0.2, 0) is 35.0 Å². The second-order valence-electron chi connectivity index (χ2n) is 14.0. The lowest BCUT2D eigenvalue weighted by molar-refractivity contribution is -0.163. The number of methoxy groups -OCH3 is 2. The van der Waals surface area contributed by atoms with Crippen molar-refractivity contribution in [2.75, 3.05) is 39.0 Å². The Morgan fingerprint density at radius 1 is 1.26 bits per heavy atom. The number of nitrogens with one attached hydrogen (secondary N) is 1. The Kier molecular flexibility index (Phi) is 12.6. The number of nitrogens with zero attached hydrogens (tertiary/aromatic N) is 2. The van der Waals surface area contributed by atoms with Crippen molar-refractivity contribution in [1.29, 1.82) is 0 Å². The van der Waals surface area contributed by atoms with Crippen LogP contribution >= 0.6 is 24.2 Å². The molecule has 0 spiro atoms. The highest BCUT2D eigenvalue weighted by molar-refractivity contribution is 7.80. The van der Waals surface area contributed by atoms with Gasteiger partial charge in [0, 0.05) is 39.5 Å². The molecule has 3 aliphatic rings. The summed E-state index contributed by atoms with van der Waals surface area (Å²) in [5, 5.41) is 14.5. The fraction of sp³-hybridized carbons (Fsp3) is 0.611. The topological polar surface area (TPSA) is 144 Å². The number of aliphatic hydroxyl groups is 1. The molecule has 2 aliphatic heterocycles. The average molecular weight is 736 g/mol. The van der Waals surface area contributed by atoms with Gasteiger partial charge in [-0.2, -0.15) is 12.6 Å². The molecule has 4 rings (SSSR count). The summed E-state index contributed by atoms with van der Waals surface area (Å²) in [6.45, 7) is 7.37. The summed E-state index contributed by atoms with van der Waals surface area (Å²) >= 11 is 10.9. The summed E-state index contributed by atoms with van der Waals surface area (Å²) < 4.78 is 23.1. The van der Waals surface area contributed by atoms with Crippen LogP contribution in [0.2, 0.25) is 5.02 Å². The SMILES string of the molecule is COc1cc2cc(c1Cl)N(C)C(=O)C[C@H](OC(=O)C(C)N(C)C(=O)CCS)[C@]1(C)C[C@H]1C(C)[C@@H]1CC(O)(NC(=O)O1)[C@H](OC)/C=C/C=C(\C)C2. The van der Waals surface area contributed by atoms with Gasteiger partial charge in [-0.3, -0.25) is 14.9 Å². The number of thiol groups is 1. The number of carbonyl (C=O) groups excluding carboxylic acids is 4. The van der Waals surface area contributed by atoms with E-state index < -0.39 is 47.6 Å². The predicted octanol–water partition coefficient (Wildman–Crippen LogP) is 4.70. The number of anilines is 1. The molecule has 8 atom stereocenters. The van der Waals surface area contributed by atoms with Crippen molar-refractivity contribution in [1.82, 2.24) is 10.2 Å². The first-order valence-corrected chi connectivity index (χ1v) is 17.8. The van der Waals surface area contributed by atoms with Gasteiger partial charge in [0.1, 0.15) is 35.1 Å². The fourth-order valence-electron chi connectivity index (χ4n) is 7.05. The van der Waals surface area contributed by atoms with Gasteiger partial charge in [-0.1, -0.05) is 49.2 Å². The number of halogens is 1. The maximum Gasteiger partial charge on any atom is 0.409 e. The summed E-state index contributed by atoms with van der Waals surface area (Å²) in [5.41, 5.74) is -0.265. The molecule has 14 heteroatoms. The van der Waals surface area contributed by atoms with E-state index in [4.69, 9.17) is 30.5 Å². The van der Waals surface area contributed by atoms with Crippen LogP contribution in [0.3, 0.4) is 0 Å². The Bertz CT molecular complexity index is 1540. The maximum atomic E-state index is 14.1. The molecule has 12 nitrogen and oxygen atoms in total. The zero-order valence-electron chi connectivity index (χ0n) is 30.0. The van der Waals surface area contributed by atoms with Gasteiger partial charge in [-0.25, -0.2) is 9.59 Å². The van der Waals surface area contributed by atoms with E-state index in [1.807, 2.05) is 32.9 Å². The minimum Gasteiger partial charge on any atom is -0.495 e. The lowest BCUT2D eigenvalue weighted by Gasteiger charge is -2.42. The number of ether oxygens (including phenoxy) is 4. The van der Waals surface area contributed by atoms with Crippen LogP contribution < -0.4 is 15.0 Å². The van der Waals surface area contributed by atoms with E-state index in [2.05, 4.69) is 17.9 Å². The van der Waals surface area contributed by atoms with Gasteiger partial charge >= 0.3 is 12.1 Å². The van der Waals surface area contributed by atoms with E-state index in [0.717, 1.165) is 11.1 Å². The molecule has 1 saturated heterocycles. The molecule has 276 valence electrons. The first-order chi connectivity index (χ1) is 23.5. The van der Waals surface area contributed by atoms with E-state index in [-0.39, 0.29) is 47.9 Å². The van der Waals surface area contributed by atoms with Gasteiger partial charge in [-0.05, 0) is 62.0 Å². The summed E-state index contributed by atoms with van der Waals surface area (Å²) in [7, 11) is 6.10. The average Bonchev–Trinajstić information content (AvgIpc) is 3.76. The molecule has 2 heterocycles. The van der Waals surface area contributed by atoms with E-state index >= 15 is 0 Å². The van der Waals surface area contributed by atoms with Crippen LogP contribution in [0.4, 0.5) is 10.5 Å². The Morgan fingerprint density at radius 2 is 1.96 bits per heavy atom. The molecule has 2 fully saturated rings. The second-order valence-corrected chi connectivity index (χ2v) is 14.8. The van der Waals surface area contributed by atoms with Crippen LogP contribution in [-0.4, -0.2) is 98.0 Å². The van der Waals surface area contributed by atoms with E-state index in [9.17, 15) is 24.3 Å². The molecule has 2 N–H and O–H groups in total. The Morgan fingerprint density at radius 3 is 2.60 bits per heavy atom. The van der Waals surface area contributed by atoms with Gasteiger partial charge in [0.2, 0.25) is 11.8 Å². The van der Waals surface area contributed by atoms with Crippen molar-refractivity contribution in [3.8, 4) is 5.75 Å². The lowest BCUT2D eigenvalue weighted by atomic mass is 9.83. The number of rotatable bonds is 7. The third kappa shape index (κ3) is 8.43. The van der Waals surface area contributed by atoms with E-state index in [0.29, 0.717) is 30.0 Å². The highest BCUT2D eigenvalue weighted by Crippen LogP contribution is 2.61. The van der Waals surface area contributed by atoms with Crippen LogP contribution in [0.5, 0.6) is 5.75 Å². The first kappa shape index (κ1) is 39.5. The van der Waals surface area contributed by atoms with Crippen molar-refractivity contribution < 1.29 is 43.2 Å². The van der Waals surface area contributed by atoms with Crippen LogP contribution in [0.15, 0.2) is 35.9 Å². The number of hydrogen-bond acceptors (Lipinski definition) is 10. The quantitative estimate of drug-likeness (QED) is 0.268. The minimum atomic E-state index is -1.77. The number of hydrogen-bond donors (Lipinski definition) is 3. The molecule has 0 aromatic heterocycles. The van der Waals surface area contributed by atoms with Crippen molar-refractivity contribution >= 4 is 53.8 Å². The number of esters is 1. The number of carbonyl (C=O) groups is 4. The standard InChI is InChI=1S/C36H50ClN3O9S/c1-20-10-9-11-28(47-8)36(45)19-27(48-34(44)38-36)21(2)24-18-35(24,4)29(49-33(43)22(3)39(5)30(41)12-13-50)17-31(42)40(6)25-15-23(14-20)16-26(46-7)32(25)37/h9-11,15-16,21-22,24,27-29,45,50H,12-14,17-19H2,1-8H3,(H,38,44)/b11-9+,20-10+/t21?,22?,24-,27-,28+,29-,35+,36?/m0/s1. The molecule has 0 radical (unpaired) electrons. The lowest BCUT2D eigenvalue weighted by Crippen LogP contribution is -2.63. The Balaban J connectivity index is 1.78. The largest absolute Gasteiger partial charge is 0.495 e. The third-order valence-electron chi connectivity index (χ3n) is 10.6. The molecule has 1 aromatic carbocycles. The van der Waals surface area contributed by atoms with Crippen molar-refractivity contribution in [3.05, 3.63) is 46.5 Å². The minimum absolute atomic E-state index is 0.0311. The highest BCUT2D eigenvalue weighted by Gasteiger charge is 2.62. The number of benzene rings is 1. The Labute approximate surface area is 304 Å².